The minimum atomic E-state index is -0.125. The summed E-state index contributed by atoms with van der Waals surface area (Å²) in [7, 11) is 1.73. The SMILES string of the molecule is CN1C(=O)C(=Nn2cnnc2)c2ccccc21. The summed E-state index contributed by atoms with van der Waals surface area (Å²) in [5.41, 5.74) is 2.10. The van der Waals surface area contributed by atoms with Crippen LogP contribution in [0.2, 0.25) is 0 Å². The molecule has 6 heteroatoms. The summed E-state index contributed by atoms with van der Waals surface area (Å²) in [6.45, 7) is 0. The van der Waals surface area contributed by atoms with Crippen LogP contribution in [0.1, 0.15) is 5.56 Å². The van der Waals surface area contributed by atoms with Crippen molar-refractivity contribution in [3.05, 3.63) is 42.5 Å². The van der Waals surface area contributed by atoms with Crippen LogP contribution in [0.5, 0.6) is 0 Å². The predicted molar refractivity (Wildman–Crippen MR) is 61.8 cm³/mol. The number of benzene rings is 1. The van der Waals surface area contributed by atoms with E-state index in [0.29, 0.717) is 5.71 Å². The molecule has 2 aromatic rings. The Kier molecular flexibility index (Phi) is 2.01. The van der Waals surface area contributed by atoms with E-state index >= 15 is 0 Å². The van der Waals surface area contributed by atoms with Gasteiger partial charge in [0, 0.05) is 12.6 Å². The van der Waals surface area contributed by atoms with Gasteiger partial charge in [0.2, 0.25) is 0 Å². The number of carbonyl (C=O) groups excluding carboxylic acids is 1. The maximum absolute atomic E-state index is 12.0. The first-order valence-corrected chi connectivity index (χ1v) is 5.08. The number of aromatic nitrogens is 3. The lowest BCUT2D eigenvalue weighted by atomic mass is 10.1. The van der Waals surface area contributed by atoms with E-state index in [1.807, 2.05) is 24.3 Å². The smallest absolute Gasteiger partial charge is 0.279 e. The van der Waals surface area contributed by atoms with Crippen molar-refractivity contribution in [1.29, 1.82) is 0 Å². The van der Waals surface area contributed by atoms with Gasteiger partial charge in [0.1, 0.15) is 12.7 Å². The molecule has 3 rings (SSSR count). The van der Waals surface area contributed by atoms with Crippen LogP contribution in [0.15, 0.2) is 42.0 Å². The molecule has 0 saturated heterocycles. The second kappa shape index (κ2) is 3.51. The fourth-order valence-electron chi connectivity index (χ4n) is 1.81. The van der Waals surface area contributed by atoms with Crippen molar-refractivity contribution in [3.63, 3.8) is 0 Å². The van der Waals surface area contributed by atoms with Gasteiger partial charge in [0.15, 0.2) is 5.71 Å². The Balaban J connectivity index is 2.16. The molecule has 1 amide bonds. The summed E-state index contributed by atoms with van der Waals surface area (Å²) in [5, 5.41) is 11.5. The van der Waals surface area contributed by atoms with Gasteiger partial charge < -0.3 is 4.90 Å². The van der Waals surface area contributed by atoms with Crippen molar-refractivity contribution in [2.75, 3.05) is 11.9 Å². The average molecular weight is 227 g/mol. The molecular weight excluding hydrogens is 218 g/mol. The van der Waals surface area contributed by atoms with Gasteiger partial charge in [-0.25, -0.2) is 4.68 Å². The third-order valence-corrected chi connectivity index (χ3v) is 2.65. The van der Waals surface area contributed by atoms with E-state index < -0.39 is 0 Å². The molecule has 0 atom stereocenters. The quantitative estimate of drug-likeness (QED) is 0.713. The lowest BCUT2D eigenvalue weighted by molar-refractivity contribution is -0.112. The van der Waals surface area contributed by atoms with E-state index in [9.17, 15) is 4.79 Å². The summed E-state index contributed by atoms with van der Waals surface area (Å²) >= 11 is 0. The predicted octanol–water partition coefficient (Wildman–Crippen LogP) is 0.507. The Bertz CT molecular complexity index is 602. The maximum Gasteiger partial charge on any atom is 0.279 e. The number of amides is 1. The highest BCUT2D eigenvalue weighted by atomic mass is 16.2. The van der Waals surface area contributed by atoms with Crippen LogP contribution in [-0.4, -0.2) is 33.5 Å². The fraction of sp³-hybridized carbons (Fsp3) is 0.0909. The molecule has 0 saturated carbocycles. The standard InChI is InChI=1S/C11H9N5O/c1-15-9-5-3-2-4-8(9)10(11(15)17)14-16-6-12-13-7-16/h2-7H,1H3. The van der Waals surface area contributed by atoms with E-state index in [1.165, 1.54) is 17.3 Å². The summed E-state index contributed by atoms with van der Waals surface area (Å²) in [4.78, 5) is 13.6. The van der Waals surface area contributed by atoms with Crippen molar-refractivity contribution in [3.8, 4) is 0 Å². The van der Waals surface area contributed by atoms with Gasteiger partial charge in [-0.15, -0.1) is 10.2 Å². The maximum atomic E-state index is 12.0. The van der Waals surface area contributed by atoms with Gasteiger partial charge in [-0.1, -0.05) is 18.2 Å². The normalized spacial score (nSPS) is 16.6. The highest BCUT2D eigenvalue weighted by molar-refractivity contribution is 6.54. The number of hydrogen-bond acceptors (Lipinski definition) is 4. The summed E-state index contributed by atoms with van der Waals surface area (Å²) in [5.74, 6) is -0.125. The summed E-state index contributed by atoms with van der Waals surface area (Å²) < 4.78 is 1.42. The number of nitrogens with zero attached hydrogens (tertiary/aromatic N) is 5. The molecule has 6 nitrogen and oxygen atoms in total. The molecule has 0 radical (unpaired) electrons. The molecule has 0 aliphatic carbocycles. The van der Waals surface area contributed by atoms with E-state index in [-0.39, 0.29) is 5.91 Å². The van der Waals surface area contributed by atoms with Crippen molar-refractivity contribution >= 4 is 17.3 Å². The highest BCUT2D eigenvalue weighted by Crippen LogP contribution is 2.27. The zero-order valence-electron chi connectivity index (χ0n) is 9.11. The van der Waals surface area contributed by atoms with Gasteiger partial charge in [0.05, 0.1) is 5.69 Å². The van der Waals surface area contributed by atoms with Gasteiger partial charge in [-0.3, -0.25) is 4.79 Å². The molecule has 0 N–H and O–H groups in total. The molecule has 0 fully saturated rings. The number of carbonyl (C=O) groups is 1. The monoisotopic (exact) mass is 227 g/mol. The van der Waals surface area contributed by atoms with Crippen LogP contribution >= 0.6 is 0 Å². The molecule has 17 heavy (non-hydrogen) atoms. The van der Waals surface area contributed by atoms with E-state index in [1.54, 1.807) is 11.9 Å². The Labute approximate surface area is 97.2 Å². The second-order valence-electron chi connectivity index (χ2n) is 3.67. The second-order valence-corrected chi connectivity index (χ2v) is 3.67. The molecular formula is C11H9N5O. The average Bonchev–Trinajstić information content (AvgIpc) is 2.94. The fourth-order valence-corrected chi connectivity index (χ4v) is 1.81. The van der Waals surface area contributed by atoms with E-state index in [4.69, 9.17) is 0 Å². The van der Waals surface area contributed by atoms with Gasteiger partial charge >= 0.3 is 0 Å². The Morgan fingerprint density at radius 2 is 1.88 bits per heavy atom. The number of para-hydroxylation sites is 1. The third kappa shape index (κ3) is 1.42. The number of anilines is 1. The van der Waals surface area contributed by atoms with Crippen LogP contribution < -0.4 is 4.90 Å². The summed E-state index contributed by atoms with van der Waals surface area (Å²) in [6.07, 6.45) is 2.89. The highest BCUT2D eigenvalue weighted by Gasteiger charge is 2.31. The number of fused-ring (bicyclic) bond motifs is 1. The van der Waals surface area contributed by atoms with E-state index in [2.05, 4.69) is 15.3 Å². The molecule has 1 aromatic heterocycles. The molecule has 2 heterocycles. The van der Waals surface area contributed by atoms with Crippen LogP contribution in [0.3, 0.4) is 0 Å². The Morgan fingerprint density at radius 3 is 2.65 bits per heavy atom. The third-order valence-electron chi connectivity index (χ3n) is 2.65. The lowest BCUT2D eigenvalue weighted by Crippen LogP contribution is -2.26. The first-order valence-electron chi connectivity index (χ1n) is 5.08. The molecule has 0 unspecified atom stereocenters. The van der Waals surface area contributed by atoms with Crippen molar-refractivity contribution in [2.24, 2.45) is 5.10 Å². The van der Waals surface area contributed by atoms with Crippen molar-refractivity contribution in [2.45, 2.75) is 0 Å². The van der Waals surface area contributed by atoms with Crippen LogP contribution in [0.4, 0.5) is 5.69 Å². The molecule has 0 bridgehead atoms. The van der Waals surface area contributed by atoms with E-state index in [0.717, 1.165) is 11.3 Å². The first kappa shape index (κ1) is 9.71. The topological polar surface area (TPSA) is 63.4 Å². The Hall–Kier alpha value is -2.50. The van der Waals surface area contributed by atoms with Crippen molar-refractivity contribution < 1.29 is 4.79 Å². The largest absolute Gasteiger partial charge is 0.309 e. The first-order chi connectivity index (χ1) is 8.27. The van der Waals surface area contributed by atoms with Crippen LogP contribution in [0, 0.1) is 0 Å². The minimum absolute atomic E-state index is 0.125. The minimum Gasteiger partial charge on any atom is -0.309 e. The summed E-state index contributed by atoms with van der Waals surface area (Å²) in [6, 6.07) is 7.54. The zero-order valence-corrected chi connectivity index (χ0v) is 9.11. The zero-order chi connectivity index (χ0) is 11.8. The number of rotatable bonds is 1. The van der Waals surface area contributed by atoms with Gasteiger partial charge in [-0.05, 0) is 6.07 Å². The molecule has 1 aromatic carbocycles. The van der Waals surface area contributed by atoms with Gasteiger partial charge in [0.25, 0.3) is 5.91 Å². The van der Waals surface area contributed by atoms with Crippen LogP contribution in [-0.2, 0) is 4.79 Å². The molecule has 1 aliphatic rings. The van der Waals surface area contributed by atoms with Gasteiger partial charge in [-0.2, -0.15) is 5.10 Å². The lowest BCUT2D eigenvalue weighted by Gasteiger charge is -2.07. The number of hydrogen-bond donors (Lipinski definition) is 0. The van der Waals surface area contributed by atoms with Crippen molar-refractivity contribution in [1.82, 2.24) is 14.9 Å². The number of likely N-dealkylation sites (N-methyl/N-ethyl adjacent to an activating group) is 1. The molecule has 1 aliphatic heterocycles. The van der Waals surface area contributed by atoms with Crippen LogP contribution in [0.25, 0.3) is 0 Å². The molecule has 0 spiro atoms. The molecule has 84 valence electrons. The Morgan fingerprint density at radius 1 is 1.18 bits per heavy atom.